The molecular weight excluding hydrogens is 250 g/mol. The summed E-state index contributed by atoms with van der Waals surface area (Å²) in [6.07, 6.45) is 7.63. The van der Waals surface area contributed by atoms with Crippen molar-refractivity contribution < 1.29 is 9.90 Å². The number of benzene rings is 1. The van der Waals surface area contributed by atoms with Gasteiger partial charge in [0.2, 0.25) is 5.91 Å². The van der Waals surface area contributed by atoms with E-state index in [2.05, 4.69) is 12.2 Å². The molecule has 1 aliphatic rings. The Labute approximate surface area is 121 Å². The number of aromatic hydroxyl groups is 1. The first-order valence-corrected chi connectivity index (χ1v) is 7.74. The minimum absolute atomic E-state index is 0.0644. The number of phenols is 1. The van der Waals surface area contributed by atoms with Gasteiger partial charge in [0.05, 0.1) is 6.42 Å². The summed E-state index contributed by atoms with van der Waals surface area (Å²) in [6.45, 7) is 2.24. The summed E-state index contributed by atoms with van der Waals surface area (Å²) < 4.78 is 0. The molecule has 3 nitrogen and oxygen atoms in total. The van der Waals surface area contributed by atoms with Crippen LogP contribution in [0.25, 0.3) is 0 Å². The number of hydrogen-bond donors (Lipinski definition) is 2. The van der Waals surface area contributed by atoms with Crippen LogP contribution in [0, 0.1) is 5.92 Å². The smallest absolute Gasteiger partial charge is 0.224 e. The van der Waals surface area contributed by atoms with Crippen molar-refractivity contribution in [1.82, 2.24) is 5.32 Å². The monoisotopic (exact) mass is 275 g/mol. The van der Waals surface area contributed by atoms with Gasteiger partial charge < -0.3 is 10.4 Å². The van der Waals surface area contributed by atoms with E-state index >= 15 is 0 Å². The number of nitrogens with one attached hydrogen (secondary N) is 1. The summed E-state index contributed by atoms with van der Waals surface area (Å²) in [5.41, 5.74) is 0.863. The van der Waals surface area contributed by atoms with Crippen molar-refractivity contribution in [3.8, 4) is 5.75 Å². The lowest BCUT2D eigenvalue weighted by Gasteiger charge is -2.29. The molecule has 3 heteroatoms. The quantitative estimate of drug-likeness (QED) is 0.865. The highest BCUT2D eigenvalue weighted by molar-refractivity contribution is 5.78. The Morgan fingerprint density at radius 2 is 2.05 bits per heavy atom. The first-order valence-electron chi connectivity index (χ1n) is 7.74. The number of rotatable bonds is 5. The number of amides is 1. The molecule has 0 unspecified atom stereocenters. The van der Waals surface area contributed by atoms with E-state index in [1.807, 2.05) is 6.07 Å². The molecule has 1 aliphatic carbocycles. The first-order chi connectivity index (χ1) is 9.67. The molecule has 0 spiro atoms. The van der Waals surface area contributed by atoms with Crippen molar-refractivity contribution in [3.63, 3.8) is 0 Å². The zero-order chi connectivity index (χ0) is 14.4. The Balaban J connectivity index is 1.75. The normalized spacial score (nSPS) is 22.4. The Bertz CT molecular complexity index is 436. The maximum absolute atomic E-state index is 12.0. The van der Waals surface area contributed by atoms with Gasteiger partial charge in [-0.25, -0.2) is 0 Å². The fourth-order valence-corrected chi connectivity index (χ4v) is 3.13. The average Bonchev–Trinajstić information content (AvgIpc) is 2.41. The molecule has 1 fully saturated rings. The van der Waals surface area contributed by atoms with Crippen molar-refractivity contribution in [3.05, 3.63) is 29.8 Å². The van der Waals surface area contributed by atoms with Crippen LogP contribution < -0.4 is 5.32 Å². The number of carbonyl (C=O) groups excluding carboxylic acids is 1. The second kappa shape index (κ2) is 7.32. The maximum atomic E-state index is 12.0. The van der Waals surface area contributed by atoms with Gasteiger partial charge in [0.1, 0.15) is 5.75 Å². The molecule has 1 amide bonds. The molecule has 2 rings (SSSR count). The van der Waals surface area contributed by atoms with Crippen LogP contribution in [0.4, 0.5) is 0 Å². The van der Waals surface area contributed by atoms with E-state index in [4.69, 9.17) is 0 Å². The van der Waals surface area contributed by atoms with Crippen molar-refractivity contribution in [2.75, 3.05) is 0 Å². The summed E-state index contributed by atoms with van der Waals surface area (Å²) in [6, 6.07) is 7.26. The second-order valence-electron chi connectivity index (χ2n) is 5.92. The minimum atomic E-state index is 0.0644. The maximum Gasteiger partial charge on any atom is 0.224 e. The Hall–Kier alpha value is -1.51. The molecule has 0 aromatic heterocycles. The molecule has 0 radical (unpaired) electrons. The van der Waals surface area contributed by atoms with Crippen molar-refractivity contribution in [1.29, 1.82) is 0 Å². The zero-order valence-corrected chi connectivity index (χ0v) is 12.3. The molecule has 110 valence electrons. The van der Waals surface area contributed by atoms with E-state index in [1.165, 1.54) is 25.7 Å². The molecule has 1 aromatic rings. The van der Waals surface area contributed by atoms with Crippen LogP contribution in [-0.2, 0) is 11.2 Å². The number of hydrogen-bond acceptors (Lipinski definition) is 2. The van der Waals surface area contributed by atoms with E-state index in [9.17, 15) is 9.90 Å². The fraction of sp³-hybridized carbons (Fsp3) is 0.588. The fourth-order valence-electron chi connectivity index (χ4n) is 3.13. The predicted molar refractivity (Wildman–Crippen MR) is 80.6 cm³/mol. The zero-order valence-electron chi connectivity index (χ0n) is 12.3. The molecule has 2 N–H and O–H groups in total. The molecule has 20 heavy (non-hydrogen) atoms. The second-order valence-corrected chi connectivity index (χ2v) is 5.92. The largest absolute Gasteiger partial charge is 0.508 e. The van der Waals surface area contributed by atoms with E-state index < -0.39 is 0 Å². The molecular formula is C17H25NO2. The molecule has 0 heterocycles. The van der Waals surface area contributed by atoms with Crippen LogP contribution in [0.1, 0.15) is 51.0 Å². The van der Waals surface area contributed by atoms with Crippen LogP contribution in [0.3, 0.4) is 0 Å². The van der Waals surface area contributed by atoms with Gasteiger partial charge in [-0.05, 0) is 49.3 Å². The lowest BCUT2D eigenvalue weighted by molar-refractivity contribution is -0.121. The topological polar surface area (TPSA) is 49.3 Å². The third kappa shape index (κ3) is 4.55. The predicted octanol–water partition coefficient (Wildman–Crippen LogP) is 3.41. The molecule has 0 saturated heterocycles. The van der Waals surface area contributed by atoms with Crippen LogP contribution in [0.2, 0.25) is 0 Å². The van der Waals surface area contributed by atoms with Crippen molar-refractivity contribution in [2.45, 2.75) is 57.9 Å². The SMILES string of the molecule is CCCC1CCC(NC(=O)Cc2cccc(O)c2)CC1. The standard InChI is InChI=1S/C17H25NO2/c1-2-4-13-7-9-15(10-8-13)18-17(20)12-14-5-3-6-16(19)11-14/h3,5-6,11,13,15,19H,2,4,7-10,12H2,1H3,(H,18,20). The van der Waals surface area contributed by atoms with Gasteiger partial charge in [0.25, 0.3) is 0 Å². The van der Waals surface area contributed by atoms with Gasteiger partial charge in [-0.3, -0.25) is 4.79 Å². The van der Waals surface area contributed by atoms with Gasteiger partial charge in [-0.1, -0.05) is 31.9 Å². The highest BCUT2D eigenvalue weighted by Gasteiger charge is 2.21. The van der Waals surface area contributed by atoms with Gasteiger partial charge >= 0.3 is 0 Å². The first kappa shape index (κ1) is 14.9. The third-order valence-electron chi connectivity index (χ3n) is 4.18. The van der Waals surface area contributed by atoms with Gasteiger partial charge in [0, 0.05) is 6.04 Å². The molecule has 0 bridgehead atoms. The minimum Gasteiger partial charge on any atom is -0.508 e. The number of carbonyl (C=O) groups is 1. The summed E-state index contributed by atoms with van der Waals surface area (Å²) in [7, 11) is 0. The van der Waals surface area contributed by atoms with Gasteiger partial charge in [-0.2, -0.15) is 0 Å². The average molecular weight is 275 g/mol. The Morgan fingerprint density at radius 3 is 2.70 bits per heavy atom. The van der Waals surface area contributed by atoms with E-state index in [0.717, 1.165) is 24.3 Å². The molecule has 0 aliphatic heterocycles. The molecule has 0 atom stereocenters. The van der Waals surface area contributed by atoms with Crippen molar-refractivity contribution in [2.24, 2.45) is 5.92 Å². The lowest BCUT2D eigenvalue weighted by atomic mass is 9.83. The van der Waals surface area contributed by atoms with E-state index in [-0.39, 0.29) is 11.7 Å². The Morgan fingerprint density at radius 1 is 1.30 bits per heavy atom. The van der Waals surface area contributed by atoms with Crippen LogP contribution >= 0.6 is 0 Å². The summed E-state index contributed by atoms with van der Waals surface area (Å²) in [5.74, 6) is 1.14. The third-order valence-corrected chi connectivity index (χ3v) is 4.18. The lowest BCUT2D eigenvalue weighted by Crippen LogP contribution is -2.38. The highest BCUT2D eigenvalue weighted by atomic mass is 16.3. The van der Waals surface area contributed by atoms with Gasteiger partial charge in [0.15, 0.2) is 0 Å². The summed E-state index contributed by atoms with van der Waals surface area (Å²) in [5, 5.41) is 12.5. The summed E-state index contributed by atoms with van der Waals surface area (Å²) in [4.78, 5) is 12.0. The van der Waals surface area contributed by atoms with Crippen molar-refractivity contribution >= 4 is 5.91 Å². The highest BCUT2D eigenvalue weighted by Crippen LogP contribution is 2.27. The Kier molecular flexibility index (Phi) is 5.45. The summed E-state index contributed by atoms with van der Waals surface area (Å²) >= 11 is 0. The molecule has 1 saturated carbocycles. The van der Waals surface area contributed by atoms with Crippen LogP contribution in [0.5, 0.6) is 5.75 Å². The molecule has 1 aromatic carbocycles. The van der Waals surface area contributed by atoms with Gasteiger partial charge in [-0.15, -0.1) is 0 Å². The number of phenolic OH excluding ortho intramolecular Hbond substituents is 1. The van der Waals surface area contributed by atoms with Crippen LogP contribution in [-0.4, -0.2) is 17.1 Å². The van der Waals surface area contributed by atoms with E-state index in [1.54, 1.807) is 18.2 Å². The van der Waals surface area contributed by atoms with Crippen LogP contribution in [0.15, 0.2) is 24.3 Å². The van der Waals surface area contributed by atoms with E-state index in [0.29, 0.717) is 12.5 Å².